The molecular weight excluding hydrogens is 240 g/mol. The zero-order valence-electron chi connectivity index (χ0n) is 11.5. The molecule has 100 valence electrons. The zero-order valence-corrected chi connectivity index (χ0v) is 12.3. The van der Waals surface area contributed by atoms with Crippen LogP contribution in [0.1, 0.15) is 24.0 Å². The second-order valence-electron chi connectivity index (χ2n) is 5.20. The van der Waals surface area contributed by atoms with Crippen molar-refractivity contribution in [1.29, 1.82) is 0 Å². The predicted octanol–water partition coefficient (Wildman–Crippen LogP) is 2.73. The van der Waals surface area contributed by atoms with E-state index in [9.17, 15) is 0 Å². The first-order chi connectivity index (χ1) is 8.78. The summed E-state index contributed by atoms with van der Waals surface area (Å²) in [5.41, 5.74) is 2.81. The Morgan fingerprint density at radius 3 is 2.50 bits per heavy atom. The summed E-state index contributed by atoms with van der Waals surface area (Å²) < 4.78 is 0. The van der Waals surface area contributed by atoms with Gasteiger partial charge in [0.2, 0.25) is 0 Å². The molecule has 1 N–H and O–H groups in total. The van der Waals surface area contributed by atoms with Crippen molar-refractivity contribution in [1.82, 2.24) is 10.2 Å². The highest BCUT2D eigenvalue weighted by molar-refractivity contribution is 7.98. The van der Waals surface area contributed by atoms with Crippen LogP contribution in [0.15, 0.2) is 24.3 Å². The van der Waals surface area contributed by atoms with Gasteiger partial charge in [0.05, 0.1) is 0 Å². The van der Waals surface area contributed by atoms with Gasteiger partial charge in [-0.05, 0) is 37.3 Å². The molecule has 0 saturated heterocycles. The Hall–Kier alpha value is -0.510. The minimum Gasteiger partial charge on any atom is -0.310 e. The normalized spacial score (nSPS) is 15.3. The van der Waals surface area contributed by atoms with E-state index in [2.05, 4.69) is 47.8 Å². The lowest BCUT2D eigenvalue weighted by atomic mass is 10.1. The average Bonchev–Trinajstić information content (AvgIpc) is 3.20. The molecule has 3 heteroatoms. The van der Waals surface area contributed by atoms with E-state index in [1.807, 2.05) is 11.8 Å². The van der Waals surface area contributed by atoms with Crippen LogP contribution in [0.3, 0.4) is 0 Å². The molecule has 18 heavy (non-hydrogen) atoms. The second kappa shape index (κ2) is 7.17. The van der Waals surface area contributed by atoms with Crippen molar-refractivity contribution in [2.45, 2.75) is 32.0 Å². The molecule has 1 saturated carbocycles. The van der Waals surface area contributed by atoms with Crippen molar-refractivity contribution >= 4 is 11.8 Å². The van der Waals surface area contributed by atoms with Gasteiger partial charge in [-0.15, -0.1) is 0 Å². The molecule has 1 aromatic rings. The van der Waals surface area contributed by atoms with Gasteiger partial charge in [0.25, 0.3) is 0 Å². The molecule has 0 radical (unpaired) electrons. The third-order valence-electron chi connectivity index (χ3n) is 3.32. The fourth-order valence-corrected chi connectivity index (χ4v) is 2.44. The lowest BCUT2D eigenvalue weighted by molar-refractivity contribution is 0.349. The van der Waals surface area contributed by atoms with Crippen molar-refractivity contribution in [2.75, 3.05) is 25.6 Å². The van der Waals surface area contributed by atoms with E-state index in [1.54, 1.807) is 0 Å². The molecule has 0 amide bonds. The van der Waals surface area contributed by atoms with E-state index in [0.29, 0.717) is 0 Å². The molecule has 1 aliphatic carbocycles. The van der Waals surface area contributed by atoms with Gasteiger partial charge in [0.1, 0.15) is 0 Å². The molecular formula is C15H24N2S. The standard InChI is InChI=1S/C15H24N2S/c1-17(9-10-18-2)12-14-5-3-13(4-6-14)11-16-15-7-8-15/h3-6,15-16H,7-12H2,1-2H3. The summed E-state index contributed by atoms with van der Waals surface area (Å²) in [4.78, 5) is 2.38. The van der Waals surface area contributed by atoms with Crippen LogP contribution in [0, 0.1) is 0 Å². The summed E-state index contributed by atoms with van der Waals surface area (Å²) in [7, 11) is 2.19. The van der Waals surface area contributed by atoms with Gasteiger partial charge in [-0.3, -0.25) is 0 Å². The number of hydrogen-bond donors (Lipinski definition) is 1. The molecule has 0 aromatic heterocycles. The Kier molecular flexibility index (Phi) is 5.54. The monoisotopic (exact) mass is 264 g/mol. The van der Waals surface area contributed by atoms with Crippen LogP contribution in [0.2, 0.25) is 0 Å². The number of rotatable bonds is 8. The van der Waals surface area contributed by atoms with Gasteiger partial charge >= 0.3 is 0 Å². The SMILES string of the molecule is CSCCN(C)Cc1ccc(CNC2CC2)cc1. The molecule has 1 aliphatic rings. The summed E-state index contributed by atoms with van der Waals surface area (Å²) in [6, 6.07) is 9.83. The maximum Gasteiger partial charge on any atom is 0.0231 e. The Labute approximate surface area is 115 Å². The second-order valence-corrected chi connectivity index (χ2v) is 6.19. The van der Waals surface area contributed by atoms with Gasteiger partial charge in [-0.2, -0.15) is 11.8 Å². The Bertz CT molecular complexity index is 346. The number of thioether (sulfide) groups is 1. The largest absolute Gasteiger partial charge is 0.310 e. The van der Waals surface area contributed by atoms with Crippen LogP contribution >= 0.6 is 11.8 Å². The summed E-state index contributed by atoms with van der Waals surface area (Å²) in [5.74, 6) is 1.21. The van der Waals surface area contributed by atoms with Gasteiger partial charge in [0, 0.05) is 31.4 Å². The first-order valence-electron chi connectivity index (χ1n) is 6.76. The van der Waals surface area contributed by atoms with Crippen LogP contribution < -0.4 is 5.32 Å². The van der Waals surface area contributed by atoms with E-state index >= 15 is 0 Å². The number of nitrogens with one attached hydrogen (secondary N) is 1. The van der Waals surface area contributed by atoms with Crippen LogP contribution in [0.25, 0.3) is 0 Å². The Balaban J connectivity index is 1.75. The molecule has 0 bridgehead atoms. The Morgan fingerprint density at radius 2 is 1.89 bits per heavy atom. The number of hydrogen-bond acceptors (Lipinski definition) is 3. The van der Waals surface area contributed by atoms with E-state index in [0.717, 1.165) is 25.7 Å². The zero-order chi connectivity index (χ0) is 12.8. The summed E-state index contributed by atoms with van der Waals surface area (Å²) >= 11 is 1.91. The third kappa shape index (κ3) is 5.01. The fraction of sp³-hybridized carbons (Fsp3) is 0.600. The van der Waals surface area contributed by atoms with Crippen molar-refractivity contribution < 1.29 is 0 Å². The van der Waals surface area contributed by atoms with Crippen molar-refractivity contribution in [3.8, 4) is 0 Å². The Morgan fingerprint density at radius 1 is 1.22 bits per heavy atom. The molecule has 1 fully saturated rings. The minimum atomic E-state index is 0.794. The van der Waals surface area contributed by atoms with Crippen molar-refractivity contribution in [3.05, 3.63) is 35.4 Å². The molecule has 0 unspecified atom stereocenters. The molecule has 1 aromatic carbocycles. The van der Waals surface area contributed by atoms with Crippen molar-refractivity contribution in [3.63, 3.8) is 0 Å². The highest BCUT2D eigenvalue weighted by atomic mass is 32.2. The first-order valence-corrected chi connectivity index (χ1v) is 8.16. The first kappa shape index (κ1) is 13.9. The van der Waals surface area contributed by atoms with Crippen LogP contribution in [0.4, 0.5) is 0 Å². The van der Waals surface area contributed by atoms with E-state index in [-0.39, 0.29) is 0 Å². The van der Waals surface area contributed by atoms with E-state index in [4.69, 9.17) is 0 Å². The molecule has 0 heterocycles. The van der Waals surface area contributed by atoms with Gasteiger partial charge < -0.3 is 10.2 Å². The van der Waals surface area contributed by atoms with Crippen molar-refractivity contribution in [2.24, 2.45) is 0 Å². The molecule has 2 nitrogen and oxygen atoms in total. The maximum atomic E-state index is 3.55. The summed E-state index contributed by atoms with van der Waals surface area (Å²) in [6.07, 6.45) is 4.88. The molecule has 0 spiro atoms. The van der Waals surface area contributed by atoms with E-state index in [1.165, 1.54) is 29.7 Å². The maximum absolute atomic E-state index is 3.55. The fourth-order valence-electron chi connectivity index (χ4n) is 1.95. The third-order valence-corrected chi connectivity index (χ3v) is 3.92. The summed E-state index contributed by atoms with van der Waals surface area (Å²) in [5, 5.41) is 3.55. The lowest BCUT2D eigenvalue weighted by Gasteiger charge is -2.16. The highest BCUT2D eigenvalue weighted by Crippen LogP contribution is 2.19. The van der Waals surface area contributed by atoms with Gasteiger partial charge in [-0.1, -0.05) is 24.3 Å². The number of nitrogens with zero attached hydrogens (tertiary/aromatic N) is 1. The molecule has 0 atom stereocenters. The van der Waals surface area contributed by atoms with Crippen LogP contribution in [-0.4, -0.2) is 36.5 Å². The highest BCUT2D eigenvalue weighted by Gasteiger charge is 2.19. The van der Waals surface area contributed by atoms with Gasteiger partial charge in [-0.25, -0.2) is 0 Å². The van der Waals surface area contributed by atoms with Crippen LogP contribution in [-0.2, 0) is 13.1 Å². The molecule has 2 rings (SSSR count). The topological polar surface area (TPSA) is 15.3 Å². The van der Waals surface area contributed by atoms with Gasteiger partial charge in [0.15, 0.2) is 0 Å². The summed E-state index contributed by atoms with van der Waals surface area (Å²) in [6.45, 7) is 3.23. The smallest absolute Gasteiger partial charge is 0.0231 e. The quantitative estimate of drug-likeness (QED) is 0.777. The van der Waals surface area contributed by atoms with E-state index < -0.39 is 0 Å². The lowest BCUT2D eigenvalue weighted by Crippen LogP contribution is -2.20. The van der Waals surface area contributed by atoms with Crippen LogP contribution in [0.5, 0.6) is 0 Å². The minimum absolute atomic E-state index is 0.794. The number of benzene rings is 1. The average molecular weight is 264 g/mol. The molecule has 0 aliphatic heterocycles. The predicted molar refractivity (Wildman–Crippen MR) is 81.0 cm³/mol.